The van der Waals surface area contributed by atoms with Crippen LogP contribution < -0.4 is 15.5 Å². The number of piperidine rings is 1. The zero-order chi connectivity index (χ0) is 14.4. The molecule has 0 saturated carbocycles. The van der Waals surface area contributed by atoms with Gasteiger partial charge in [0.1, 0.15) is 0 Å². The van der Waals surface area contributed by atoms with Crippen molar-refractivity contribution in [3.8, 4) is 0 Å². The van der Waals surface area contributed by atoms with Gasteiger partial charge in [-0.15, -0.1) is 0 Å². The first kappa shape index (κ1) is 14.9. The van der Waals surface area contributed by atoms with Gasteiger partial charge in [0.15, 0.2) is 0 Å². The highest BCUT2D eigenvalue weighted by Gasteiger charge is 2.15. The lowest BCUT2D eigenvalue weighted by Crippen LogP contribution is -2.30. The molecule has 1 aliphatic rings. The molecular formula is C16H25N3O. The van der Waals surface area contributed by atoms with Gasteiger partial charge in [-0.1, -0.05) is 12.1 Å². The lowest BCUT2D eigenvalue weighted by atomic mass is 9.94. The van der Waals surface area contributed by atoms with Crippen molar-refractivity contribution in [3.63, 3.8) is 0 Å². The van der Waals surface area contributed by atoms with Crippen molar-refractivity contribution in [1.82, 2.24) is 5.32 Å². The Morgan fingerprint density at radius 3 is 2.90 bits per heavy atom. The first-order chi connectivity index (χ1) is 9.66. The molecule has 1 fully saturated rings. The fourth-order valence-electron chi connectivity index (χ4n) is 2.69. The summed E-state index contributed by atoms with van der Waals surface area (Å²) in [6.45, 7) is 2.18. The first-order valence-electron chi connectivity index (χ1n) is 7.43. The molecule has 0 aliphatic carbocycles. The van der Waals surface area contributed by atoms with Crippen LogP contribution in [-0.4, -0.2) is 33.1 Å². The average Bonchev–Trinajstić information content (AvgIpc) is 2.46. The number of rotatable bonds is 5. The molecule has 1 aromatic carbocycles. The van der Waals surface area contributed by atoms with E-state index in [9.17, 15) is 4.79 Å². The van der Waals surface area contributed by atoms with E-state index in [1.54, 1.807) is 0 Å². The van der Waals surface area contributed by atoms with Crippen molar-refractivity contribution < 1.29 is 4.79 Å². The predicted octanol–water partition coefficient (Wildman–Crippen LogP) is 2.47. The van der Waals surface area contributed by atoms with Gasteiger partial charge in [0.25, 0.3) is 0 Å². The minimum absolute atomic E-state index is 0.116. The number of nitrogens with one attached hydrogen (secondary N) is 2. The molecular weight excluding hydrogens is 250 g/mol. The Kier molecular flexibility index (Phi) is 5.41. The van der Waals surface area contributed by atoms with E-state index in [1.807, 2.05) is 43.3 Å². The number of benzene rings is 1. The maximum Gasteiger partial charge on any atom is 0.224 e. The highest BCUT2D eigenvalue weighted by molar-refractivity contribution is 5.94. The van der Waals surface area contributed by atoms with E-state index < -0.39 is 0 Å². The summed E-state index contributed by atoms with van der Waals surface area (Å²) in [6.07, 6.45) is 4.06. The Balaban J connectivity index is 1.85. The highest BCUT2D eigenvalue weighted by Crippen LogP contribution is 2.24. The van der Waals surface area contributed by atoms with Crippen LogP contribution in [0.4, 0.5) is 11.4 Å². The molecule has 1 heterocycles. The van der Waals surface area contributed by atoms with Crippen LogP contribution in [0.25, 0.3) is 0 Å². The van der Waals surface area contributed by atoms with Gasteiger partial charge in [0, 0.05) is 20.5 Å². The van der Waals surface area contributed by atoms with E-state index in [-0.39, 0.29) is 5.91 Å². The topological polar surface area (TPSA) is 44.4 Å². The third-order valence-corrected chi connectivity index (χ3v) is 3.84. The van der Waals surface area contributed by atoms with E-state index in [2.05, 4.69) is 10.6 Å². The van der Waals surface area contributed by atoms with Crippen LogP contribution in [0.2, 0.25) is 0 Å². The fourth-order valence-corrected chi connectivity index (χ4v) is 2.69. The summed E-state index contributed by atoms with van der Waals surface area (Å²) in [5.74, 6) is 0.767. The van der Waals surface area contributed by atoms with Crippen molar-refractivity contribution in [2.24, 2.45) is 5.92 Å². The summed E-state index contributed by atoms with van der Waals surface area (Å²) in [6, 6.07) is 7.91. The normalized spacial score (nSPS) is 18.6. The summed E-state index contributed by atoms with van der Waals surface area (Å²) in [5, 5.41) is 6.42. The number of carbonyl (C=O) groups is 1. The van der Waals surface area contributed by atoms with Gasteiger partial charge >= 0.3 is 0 Å². The molecule has 0 bridgehead atoms. The third-order valence-electron chi connectivity index (χ3n) is 3.84. The largest absolute Gasteiger partial charge is 0.376 e. The second-order valence-electron chi connectivity index (χ2n) is 5.71. The molecule has 110 valence electrons. The van der Waals surface area contributed by atoms with E-state index in [1.165, 1.54) is 12.8 Å². The van der Waals surface area contributed by atoms with Crippen LogP contribution in [-0.2, 0) is 4.79 Å². The van der Waals surface area contributed by atoms with Crippen LogP contribution in [0, 0.1) is 5.92 Å². The maximum absolute atomic E-state index is 12.1. The minimum Gasteiger partial charge on any atom is -0.376 e. The summed E-state index contributed by atoms with van der Waals surface area (Å²) in [7, 11) is 3.97. The van der Waals surface area contributed by atoms with E-state index in [0.717, 1.165) is 30.9 Å². The van der Waals surface area contributed by atoms with Crippen molar-refractivity contribution in [2.75, 3.05) is 37.4 Å². The summed E-state index contributed by atoms with van der Waals surface area (Å²) in [5.41, 5.74) is 1.93. The Morgan fingerprint density at radius 2 is 2.20 bits per heavy atom. The monoisotopic (exact) mass is 275 g/mol. The summed E-state index contributed by atoms with van der Waals surface area (Å²) >= 11 is 0. The Hall–Kier alpha value is -1.55. The second kappa shape index (κ2) is 7.29. The van der Waals surface area contributed by atoms with Crippen LogP contribution in [0.5, 0.6) is 0 Å². The molecule has 1 aliphatic heterocycles. The van der Waals surface area contributed by atoms with Crippen LogP contribution in [0.15, 0.2) is 24.3 Å². The summed E-state index contributed by atoms with van der Waals surface area (Å²) in [4.78, 5) is 14.1. The number of carbonyl (C=O) groups excluding carboxylic acids is 1. The van der Waals surface area contributed by atoms with Crippen LogP contribution in [0.3, 0.4) is 0 Å². The quantitative estimate of drug-likeness (QED) is 0.867. The molecule has 0 aromatic heterocycles. The zero-order valence-corrected chi connectivity index (χ0v) is 12.5. The predicted molar refractivity (Wildman–Crippen MR) is 84.2 cm³/mol. The Bertz CT molecular complexity index is 439. The van der Waals surface area contributed by atoms with Gasteiger partial charge in [0.05, 0.1) is 11.4 Å². The Morgan fingerprint density at radius 1 is 1.40 bits per heavy atom. The molecule has 0 radical (unpaired) electrons. The van der Waals surface area contributed by atoms with Crippen molar-refractivity contribution >= 4 is 17.3 Å². The lowest BCUT2D eigenvalue weighted by Gasteiger charge is -2.22. The molecule has 1 unspecified atom stereocenters. The van der Waals surface area contributed by atoms with Crippen molar-refractivity contribution in [2.45, 2.75) is 25.7 Å². The average molecular weight is 275 g/mol. The number of para-hydroxylation sites is 2. The van der Waals surface area contributed by atoms with Gasteiger partial charge in [0.2, 0.25) is 5.91 Å². The van der Waals surface area contributed by atoms with Gasteiger partial charge in [-0.25, -0.2) is 0 Å². The summed E-state index contributed by atoms with van der Waals surface area (Å²) < 4.78 is 0. The molecule has 4 nitrogen and oxygen atoms in total. The molecule has 1 atom stereocenters. The van der Waals surface area contributed by atoms with Crippen molar-refractivity contribution in [3.05, 3.63) is 24.3 Å². The fraction of sp³-hybridized carbons (Fsp3) is 0.562. The maximum atomic E-state index is 12.1. The number of hydrogen-bond acceptors (Lipinski definition) is 3. The molecule has 4 heteroatoms. The van der Waals surface area contributed by atoms with E-state index in [0.29, 0.717) is 12.3 Å². The number of amides is 1. The highest BCUT2D eigenvalue weighted by atomic mass is 16.1. The minimum atomic E-state index is 0.116. The van der Waals surface area contributed by atoms with Gasteiger partial charge in [-0.2, -0.15) is 0 Å². The molecule has 0 spiro atoms. The second-order valence-corrected chi connectivity index (χ2v) is 5.71. The number of anilines is 2. The molecule has 2 N–H and O–H groups in total. The molecule has 1 amide bonds. The third kappa shape index (κ3) is 4.23. The van der Waals surface area contributed by atoms with E-state index >= 15 is 0 Å². The zero-order valence-electron chi connectivity index (χ0n) is 12.5. The first-order valence-corrected chi connectivity index (χ1v) is 7.43. The lowest BCUT2D eigenvalue weighted by molar-refractivity contribution is -0.116. The molecule has 20 heavy (non-hydrogen) atoms. The standard InChI is InChI=1S/C16H25N3O/c1-19(2)15-8-4-3-7-14(15)18-16(20)10-9-13-6-5-11-17-12-13/h3-4,7-8,13,17H,5-6,9-12H2,1-2H3,(H,18,20). The van der Waals surface area contributed by atoms with Gasteiger partial charge in [-0.3, -0.25) is 4.79 Å². The van der Waals surface area contributed by atoms with Crippen LogP contribution in [0.1, 0.15) is 25.7 Å². The Labute approximate surface area is 121 Å². The number of hydrogen-bond donors (Lipinski definition) is 2. The van der Waals surface area contributed by atoms with E-state index in [4.69, 9.17) is 0 Å². The SMILES string of the molecule is CN(C)c1ccccc1NC(=O)CCC1CCCNC1. The van der Waals surface area contributed by atoms with Crippen molar-refractivity contribution in [1.29, 1.82) is 0 Å². The number of nitrogens with zero attached hydrogens (tertiary/aromatic N) is 1. The van der Waals surface area contributed by atoms with Crippen LogP contribution >= 0.6 is 0 Å². The van der Waals surface area contributed by atoms with Gasteiger partial charge in [-0.05, 0) is 50.4 Å². The molecule has 1 saturated heterocycles. The molecule has 2 rings (SSSR count). The molecule has 1 aromatic rings. The smallest absolute Gasteiger partial charge is 0.224 e. The van der Waals surface area contributed by atoms with Gasteiger partial charge < -0.3 is 15.5 Å².